The number of morpholine rings is 1. The quantitative estimate of drug-likeness (QED) is 0.727. The first kappa shape index (κ1) is 15.6. The lowest BCUT2D eigenvalue weighted by Gasteiger charge is -2.31. The number of aryl methyl sites for hydroxylation is 1. The fraction of sp³-hybridized carbons (Fsp3) is 0.412. The molecule has 3 heterocycles. The van der Waals surface area contributed by atoms with Gasteiger partial charge in [-0.25, -0.2) is 9.78 Å². The maximum Gasteiger partial charge on any atom is 0.419 e. The Morgan fingerprint density at radius 1 is 1.33 bits per heavy atom. The summed E-state index contributed by atoms with van der Waals surface area (Å²) in [6.07, 6.45) is 0.0234. The summed E-state index contributed by atoms with van der Waals surface area (Å²) in [6.45, 7) is 5.75. The van der Waals surface area contributed by atoms with Crippen molar-refractivity contribution in [3.8, 4) is 0 Å². The van der Waals surface area contributed by atoms with Crippen molar-refractivity contribution in [2.24, 2.45) is 0 Å². The number of hydrogen-bond donors (Lipinski definition) is 0. The van der Waals surface area contributed by atoms with Gasteiger partial charge in [0.2, 0.25) is 0 Å². The number of benzene rings is 1. The molecule has 0 aliphatic carbocycles. The molecule has 126 valence electrons. The number of ether oxygens (including phenoxy) is 1. The molecular formula is C17H19N3O3S. The number of aromatic nitrogens is 2. The molecule has 7 heteroatoms. The highest BCUT2D eigenvalue weighted by Crippen LogP contribution is 2.25. The van der Waals surface area contributed by atoms with E-state index in [1.54, 1.807) is 15.9 Å². The van der Waals surface area contributed by atoms with E-state index in [1.807, 2.05) is 31.2 Å². The molecule has 0 N–H and O–H groups in total. The fourth-order valence-electron chi connectivity index (χ4n) is 3.04. The molecule has 0 radical (unpaired) electrons. The maximum absolute atomic E-state index is 12.0. The molecule has 0 bridgehead atoms. The first-order chi connectivity index (χ1) is 11.7. The molecule has 4 rings (SSSR count). The third-order valence-electron chi connectivity index (χ3n) is 4.28. The normalized spacial score (nSPS) is 19.1. The third-order valence-corrected chi connectivity index (χ3v) is 5.33. The molecule has 1 fully saturated rings. The van der Waals surface area contributed by atoms with Gasteiger partial charge >= 0.3 is 5.76 Å². The molecule has 24 heavy (non-hydrogen) atoms. The number of fused-ring (bicyclic) bond motifs is 1. The number of para-hydroxylation sites is 2. The topological polar surface area (TPSA) is 60.5 Å². The lowest BCUT2D eigenvalue weighted by Crippen LogP contribution is -2.40. The van der Waals surface area contributed by atoms with Gasteiger partial charge < -0.3 is 9.15 Å². The molecule has 1 aliphatic heterocycles. The summed E-state index contributed by atoms with van der Waals surface area (Å²) < 4.78 is 12.8. The minimum Gasteiger partial charge on any atom is -0.408 e. The highest BCUT2D eigenvalue weighted by molar-refractivity contribution is 7.09. The van der Waals surface area contributed by atoms with E-state index < -0.39 is 0 Å². The van der Waals surface area contributed by atoms with Gasteiger partial charge in [0.1, 0.15) is 11.1 Å². The Hall–Kier alpha value is -1.96. The number of rotatable bonds is 4. The van der Waals surface area contributed by atoms with E-state index in [1.165, 1.54) is 0 Å². The Morgan fingerprint density at radius 3 is 3.04 bits per heavy atom. The lowest BCUT2D eigenvalue weighted by atomic mass is 10.2. The van der Waals surface area contributed by atoms with Crippen molar-refractivity contribution in [1.29, 1.82) is 0 Å². The molecule has 1 aromatic carbocycles. The van der Waals surface area contributed by atoms with E-state index in [0.717, 1.165) is 35.9 Å². The Morgan fingerprint density at radius 2 is 2.21 bits per heavy atom. The number of oxazole rings is 1. The zero-order valence-electron chi connectivity index (χ0n) is 13.5. The largest absolute Gasteiger partial charge is 0.419 e. The van der Waals surface area contributed by atoms with Crippen LogP contribution in [0.2, 0.25) is 0 Å². The Bertz CT molecular complexity index is 898. The van der Waals surface area contributed by atoms with Crippen molar-refractivity contribution in [2.75, 3.05) is 26.2 Å². The molecule has 3 aromatic rings. The first-order valence-corrected chi connectivity index (χ1v) is 8.93. The predicted molar refractivity (Wildman–Crippen MR) is 92.5 cm³/mol. The van der Waals surface area contributed by atoms with E-state index in [-0.39, 0.29) is 11.9 Å². The van der Waals surface area contributed by atoms with Gasteiger partial charge in [0.15, 0.2) is 5.58 Å². The van der Waals surface area contributed by atoms with Crippen LogP contribution in [0.1, 0.15) is 16.8 Å². The lowest BCUT2D eigenvalue weighted by molar-refractivity contribution is -0.0310. The maximum atomic E-state index is 12.0. The van der Waals surface area contributed by atoms with Crippen LogP contribution >= 0.6 is 11.3 Å². The van der Waals surface area contributed by atoms with Gasteiger partial charge in [0.05, 0.1) is 12.1 Å². The first-order valence-electron chi connectivity index (χ1n) is 8.05. The third kappa shape index (κ3) is 3.02. The summed E-state index contributed by atoms with van der Waals surface area (Å²) in [5, 5.41) is 3.08. The summed E-state index contributed by atoms with van der Waals surface area (Å²) in [4.78, 5) is 18.9. The smallest absolute Gasteiger partial charge is 0.408 e. The Labute approximate surface area is 143 Å². The number of thiazole rings is 1. The van der Waals surface area contributed by atoms with Crippen molar-refractivity contribution >= 4 is 22.4 Å². The minimum atomic E-state index is -0.295. The summed E-state index contributed by atoms with van der Waals surface area (Å²) >= 11 is 1.65. The van der Waals surface area contributed by atoms with Crippen molar-refractivity contribution in [1.82, 2.24) is 14.5 Å². The van der Waals surface area contributed by atoms with Gasteiger partial charge in [-0.05, 0) is 19.1 Å². The average molecular weight is 345 g/mol. The molecule has 2 aromatic heterocycles. The molecule has 1 aliphatic rings. The predicted octanol–water partition coefficient (Wildman–Crippen LogP) is 2.43. The van der Waals surface area contributed by atoms with E-state index in [2.05, 4.69) is 15.3 Å². The SMILES string of the molecule is Cc1csc([C@@H]2CN(CCn3c(=O)oc4ccccc43)CCO2)n1. The second kappa shape index (κ2) is 6.51. The molecule has 1 saturated heterocycles. The van der Waals surface area contributed by atoms with Crippen molar-refractivity contribution in [2.45, 2.75) is 19.6 Å². The van der Waals surface area contributed by atoms with Crippen molar-refractivity contribution < 1.29 is 9.15 Å². The highest BCUT2D eigenvalue weighted by atomic mass is 32.1. The second-order valence-corrected chi connectivity index (χ2v) is 6.86. The van der Waals surface area contributed by atoms with E-state index in [0.29, 0.717) is 18.7 Å². The molecule has 0 unspecified atom stereocenters. The van der Waals surface area contributed by atoms with Crippen molar-refractivity contribution in [3.05, 3.63) is 50.9 Å². The molecule has 0 spiro atoms. The molecule has 0 saturated carbocycles. The van der Waals surface area contributed by atoms with E-state index >= 15 is 0 Å². The van der Waals surface area contributed by atoms with Crippen LogP contribution in [0.15, 0.2) is 38.9 Å². The zero-order chi connectivity index (χ0) is 16.5. The zero-order valence-corrected chi connectivity index (χ0v) is 14.3. The average Bonchev–Trinajstić information content (AvgIpc) is 3.16. The summed E-state index contributed by atoms with van der Waals surface area (Å²) in [6, 6.07) is 7.53. The molecule has 1 atom stereocenters. The summed E-state index contributed by atoms with van der Waals surface area (Å²) in [5.41, 5.74) is 2.52. The van der Waals surface area contributed by atoms with Crippen LogP contribution in [0, 0.1) is 6.92 Å². The van der Waals surface area contributed by atoms with Crippen LogP contribution < -0.4 is 5.76 Å². The van der Waals surface area contributed by atoms with Crippen LogP contribution in [-0.4, -0.2) is 40.7 Å². The molecule has 0 amide bonds. The summed E-state index contributed by atoms with van der Waals surface area (Å²) in [7, 11) is 0. The van der Waals surface area contributed by atoms with Crippen LogP contribution in [0.3, 0.4) is 0 Å². The molecule has 6 nitrogen and oxygen atoms in total. The van der Waals surface area contributed by atoms with Crippen molar-refractivity contribution in [3.63, 3.8) is 0 Å². The van der Waals surface area contributed by atoms with Gasteiger partial charge in [-0.3, -0.25) is 9.47 Å². The molecular weight excluding hydrogens is 326 g/mol. The minimum absolute atomic E-state index is 0.0234. The van der Waals surface area contributed by atoms with Gasteiger partial charge in [0.25, 0.3) is 0 Å². The van der Waals surface area contributed by atoms with Gasteiger partial charge in [-0.2, -0.15) is 0 Å². The standard InChI is InChI=1S/C17H19N3O3S/c1-12-11-24-16(18-12)15-10-19(8-9-22-15)6-7-20-13-4-2-3-5-14(13)23-17(20)21/h2-5,11,15H,6-10H2,1H3/t15-/m0/s1. The van der Waals surface area contributed by atoms with E-state index in [4.69, 9.17) is 9.15 Å². The monoisotopic (exact) mass is 345 g/mol. The van der Waals surface area contributed by atoms with Gasteiger partial charge in [0, 0.05) is 37.3 Å². The Balaban J connectivity index is 1.45. The highest BCUT2D eigenvalue weighted by Gasteiger charge is 2.24. The van der Waals surface area contributed by atoms with Crippen LogP contribution in [-0.2, 0) is 11.3 Å². The van der Waals surface area contributed by atoms with Crippen LogP contribution in [0.25, 0.3) is 11.1 Å². The summed E-state index contributed by atoms with van der Waals surface area (Å²) in [5.74, 6) is -0.295. The fourth-order valence-corrected chi connectivity index (χ4v) is 3.88. The number of nitrogens with zero attached hydrogens (tertiary/aromatic N) is 3. The Kier molecular flexibility index (Phi) is 4.22. The van der Waals surface area contributed by atoms with Gasteiger partial charge in [-0.15, -0.1) is 11.3 Å². The van der Waals surface area contributed by atoms with E-state index in [9.17, 15) is 4.79 Å². The van der Waals surface area contributed by atoms with Crippen LogP contribution in [0.4, 0.5) is 0 Å². The van der Waals surface area contributed by atoms with Crippen LogP contribution in [0.5, 0.6) is 0 Å². The number of hydrogen-bond acceptors (Lipinski definition) is 6. The van der Waals surface area contributed by atoms with Gasteiger partial charge in [-0.1, -0.05) is 12.1 Å². The second-order valence-electron chi connectivity index (χ2n) is 5.97.